The maximum Gasteiger partial charge on any atom is 0.373 e. The summed E-state index contributed by atoms with van der Waals surface area (Å²) in [6.07, 6.45) is 3.01. The minimum atomic E-state index is -1.09. The van der Waals surface area contributed by atoms with Crippen molar-refractivity contribution in [3.05, 3.63) is 23.3 Å². The van der Waals surface area contributed by atoms with E-state index < -0.39 is 5.97 Å². The number of nitrogens with zero attached hydrogens (tertiary/aromatic N) is 2. The van der Waals surface area contributed by atoms with Crippen molar-refractivity contribution in [3.63, 3.8) is 0 Å². The lowest BCUT2D eigenvalue weighted by molar-refractivity contribution is 0.0683. The molecule has 0 amide bonds. The average molecular weight is 194 g/mol. The van der Waals surface area contributed by atoms with Crippen molar-refractivity contribution in [1.82, 2.24) is 9.97 Å². The Labute approximate surface area is 80.8 Å². The van der Waals surface area contributed by atoms with Crippen molar-refractivity contribution in [2.75, 3.05) is 13.2 Å². The molecule has 5 nitrogen and oxygen atoms in total. The molecule has 0 radical (unpaired) electrons. The molecule has 0 bridgehead atoms. The van der Waals surface area contributed by atoms with E-state index in [0.29, 0.717) is 19.6 Å². The number of carboxylic acids is 1. The molecule has 0 unspecified atom stereocenters. The Kier molecular flexibility index (Phi) is 2.41. The van der Waals surface area contributed by atoms with Crippen molar-refractivity contribution in [3.8, 4) is 0 Å². The summed E-state index contributed by atoms with van der Waals surface area (Å²) in [5, 5.41) is 8.70. The van der Waals surface area contributed by atoms with E-state index in [-0.39, 0.29) is 5.82 Å². The number of rotatable bonds is 1. The van der Waals surface area contributed by atoms with Crippen molar-refractivity contribution in [2.45, 2.75) is 12.8 Å². The summed E-state index contributed by atoms with van der Waals surface area (Å²) in [7, 11) is 0. The van der Waals surface area contributed by atoms with Crippen LogP contribution < -0.4 is 0 Å². The zero-order valence-electron chi connectivity index (χ0n) is 7.56. The van der Waals surface area contributed by atoms with E-state index in [1.165, 1.54) is 0 Å². The molecule has 0 aliphatic carbocycles. The number of hydrogen-bond acceptors (Lipinski definition) is 4. The molecular formula is C9H10N2O3. The minimum absolute atomic E-state index is 0.134. The lowest BCUT2D eigenvalue weighted by Crippen LogP contribution is -2.09. The van der Waals surface area contributed by atoms with Crippen LogP contribution in [-0.4, -0.2) is 34.3 Å². The highest BCUT2D eigenvalue weighted by atomic mass is 16.5. The Bertz CT molecular complexity index is 365. The molecule has 2 rings (SSSR count). The summed E-state index contributed by atoms with van der Waals surface area (Å²) in [4.78, 5) is 18.4. The largest absolute Gasteiger partial charge is 0.475 e. The van der Waals surface area contributed by atoms with Crippen LogP contribution in [0.4, 0.5) is 0 Å². The number of hydrogen-bond donors (Lipinski definition) is 1. The Balaban J connectivity index is 2.37. The molecule has 1 N–H and O–H groups in total. The van der Waals surface area contributed by atoms with Gasteiger partial charge in [0.2, 0.25) is 5.82 Å². The summed E-state index contributed by atoms with van der Waals surface area (Å²) in [6, 6.07) is 0. The molecule has 0 saturated carbocycles. The van der Waals surface area contributed by atoms with Crippen LogP contribution in [0.1, 0.15) is 21.9 Å². The first-order valence-corrected chi connectivity index (χ1v) is 4.43. The fourth-order valence-corrected chi connectivity index (χ4v) is 1.42. The van der Waals surface area contributed by atoms with Crippen molar-refractivity contribution in [1.29, 1.82) is 0 Å². The van der Waals surface area contributed by atoms with Gasteiger partial charge in [0, 0.05) is 12.6 Å². The molecule has 5 heteroatoms. The van der Waals surface area contributed by atoms with Crippen molar-refractivity contribution in [2.24, 2.45) is 0 Å². The van der Waals surface area contributed by atoms with Crippen molar-refractivity contribution >= 4 is 5.97 Å². The van der Waals surface area contributed by atoms with Gasteiger partial charge in [-0.1, -0.05) is 0 Å². The third-order valence-corrected chi connectivity index (χ3v) is 2.14. The molecular weight excluding hydrogens is 184 g/mol. The van der Waals surface area contributed by atoms with Gasteiger partial charge in [-0.3, -0.25) is 0 Å². The van der Waals surface area contributed by atoms with Crippen LogP contribution in [0.5, 0.6) is 0 Å². The van der Waals surface area contributed by atoms with Crippen LogP contribution in [-0.2, 0) is 17.6 Å². The van der Waals surface area contributed by atoms with E-state index in [2.05, 4.69) is 9.97 Å². The van der Waals surface area contributed by atoms with E-state index >= 15 is 0 Å². The summed E-state index contributed by atoms with van der Waals surface area (Å²) < 4.78 is 5.26. The molecule has 0 aromatic carbocycles. The maximum atomic E-state index is 10.6. The molecule has 1 aromatic rings. The summed E-state index contributed by atoms with van der Waals surface area (Å²) >= 11 is 0. The van der Waals surface area contributed by atoms with Gasteiger partial charge >= 0.3 is 5.97 Å². The predicted molar refractivity (Wildman–Crippen MR) is 47.2 cm³/mol. The highest BCUT2D eigenvalue weighted by molar-refractivity contribution is 5.83. The van der Waals surface area contributed by atoms with Crippen LogP contribution in [0.3, 0.4) is 0 Å². The first-order chi connectivity index (χ1) is 6.77. The maximum absolute atomic E-state index is 10.6. The number of aromatic nitrogens is 2. The Hall–Kier alpha value is -1.49. The number of aromatic carboxylic acids is 1. The van der Waals surface area contributed by atoms with Gasteiger partial charge in [0.1, 0.15) is 0 Å². The zero-order chi connectivity index (χ0) is 9.97. The lowest BCUT2D eigenvalue weighted by atomic mass is 10.1. The van der Waals surface area contributed by atoms with E-state index in [0.717, 1.165) is 17.7 Å². The second-order valence-electron chi connectivity index (χ2n) is 3.08. The van der Waals surface area contributed by atoms with Crippen LogP contribution in [0.25, 0.3) is 0 Å². The monoisotopic (exact) mass is 194 g/mol. The summed E-state index contributed by atoms with van der Waals surface area (Å²) in [5.41, 5.74) is 1.79. The normalized spacial score (nSPS) is 15.7. The number of fused-ring (bicyclic) bond motifs is 1. The molecule has 2 heterocycles. The van der Waals surface area contributed by atoms with Gasteiger partial charge in [-0.05, 0) is 12.0 Å². The van der Waals surface area contributed by atoms with Gasteiger partial charge < -0.3 is 9.84 Å². The minimum Gasteiger partial charge on any atom is -0.475 e. The van der Waals surface area contributed by atoms with Gasteiger partial charge in [0.05, 0.1) is 18.9 Å². The SMILES string of the molecule is O=C(O)c1ncc2c(n1)CCOCC2. The average Bonchev–Trinajstić information content (AvgIpc) is 2.41. The second-order valence-corrected chi connectivity index (χ2v) is 3.08. The lowest BCUT2D eigenvalue weighted by Gasteiger charge is -2.02. The van der Waals surface area contributed by atoms with Gasteiger partial charge in [-0.25, -0.2) is 14.8 Å². The molecule has 1 aliphatic rings. The van der Waals surface area contributed by atoms with Gasteiger partial charge in [0.15, 0.2) is 0 Å². The molecule has 1 aromatic heterocycles. The molecule has 0 fully saturated rings. The molecule has 74 valence electrons. The number of carboxylic acid groups (broad SMARTS) is 1. The van der Waals surface area contributed by atoms with Gasteiger partial charge in [-0.2, -0.15) is 0 Å². The van der Waals surface area contributed by atoms with Gasteiger partial charge in [-0.15, -0.1) is 0 Å². The quantitative estimate of drug-likeness (QED) is 0.695. The Morgan fingerprint density at radius 3 is 3.00 bits per heavy atom. The molecule has 0 saturated heterocycles. The molecule has 0 spiro atoms. The number of carbonyl (C=O) groups is 1. The van der Waals surface area contributed by atoms with E-state index in [4.69, 9.17) is 9.84 Å². The van der Waals surface area contributed by atoms with Crippen LogP contribution in [0, 0.1) is 0 Å². The molecule has 0 atom stereocenters. The summed E-state index contributed by atoms with van der Waals surface area (Å²) in [6.45, 7) is 1.26. The first kappa shape index (κ1) is 9.08. The highest BCUT2D eigenvalue weighted by Crippen LogP contribution is 2.11. The standard InChI is InChI=1S/C9H10N2O3/c12-9(13)8-10-5-6-1-3-14-4-2-7(6)11-8/h5H,1-4H2,(H,12,13). The second kappa shape index (κ2) is 3.71. The third-order valence-electron chi connectivity index (χ3n) is 2.14. The summed E-state index contributed by atoms with van der Waals surface area (Å²) in [5.74, 6) is -1.22. The Morgan fingerprint density at radius 1 is 1.43 bits per heavy atom. The van der Waals surface area contributed by atoms with Crippen LogP contribution in [0.2, 0.25) is 0 Å². The van der Waals surface area contributed by atoms with E-state index in [1.54, 1.807) is 6.20 Å². The Morgan fingerprint density at radius 2 is 2.21 bits per heavy atom. The molecule has 14 heavy (non-hydrogen) atoms. The zero-order valence-corrected chi connectivity index (χ0v) is 7.56. The van der Waals surface area contributed by atoms with Crippen LogP contribution >= 0.6 is 0 Å². The van der Waals surface area contributed by atoms with Crippen molar-refractivity contribution < 1.29 is 14.6 Å². The first-order valence-electron chi connectivity index (χ1n) is 4.43. The number of ether oxygens (including phenoxy) is 1. The topological polar surface area (TPSA) is 72.3 Å². The van der Waals surface area contributed by atoms with E-state index in [9.17, 15) is 4.79 Å². The highest BCUT2D eigenvalue weighted by Gasteiger charge is 2.13. The predicted octanol–water partition coefficient (Wildman–Crippen LogP) is 0.290. The fraction of sp³-hybridized carbons (Fsp3) is 0.444. The third kappa shape index (κ3) is 1.72. The smallest absolute Gasteiger partial charge is 0.373 e. The molecule has 1 aliphatic heterocycles. The fourth-order valence-electron chi connectivity index (χ4n) is 1.42. The van der Waals surface area contributed by atoms with Gasteiger partial charge in [0.25, 0.3) is 0 Å². The van der Waals surface area contributed by atoms with Crippen LogP contribution in [0.15, 0.2) is 6.20 Å². The van der Waals surface area contributed by atoms with E-state index in [1.807, 2.05) is 0 Å².